The van der Waals surface area contributed by atoms with Gasteiger partial charge in [-0.25, -0.2) is 0 Å². The van der Waals surface area contributed by atoms with Crippen molar-refractivity contribution in [3.8, 4) is 5.75 Å². The van der Waals surface area contributed by atoms with Gasteiger partial charge >= 0.3 is 0 Å². The number of carbonyl (C=O) groups is 1. The molecule has 18 heavy (non-hydrogen) atoms. The number of ether oxygens (including phenoxy) is 1. The van der Waals surface area contributed by atoms with Gasteiger partial charge < -0.3 is 15.4 Å². The predicted molar refractivity (Wildman–Crippen MR) is 70.9 cm³/mol. The highest BCUT2D eigenvalue weighted by atomic mass is 16.5. The molecular weight excluding hydrogens is 228 g/mol. The van der Waals surface area contributed by atoms with Crippen LogP contribution in [0.2, 0.25) is 0 Å². The van der Waals surface area contributed by atoms with Crippen LogP contribution in [0.25, 0.3) is 0 Å². The van der Waals surface area contributed by atoms with Gasteiger partial charge in [0.2, 0.25) is 0 Å². The van der Waals surface area contributed by atoms with Crippen molar-refractivity contribution in [2.75, 3.05) is 26.2 Å². The van der Waals surface area contributed by atoms with E-state index >= 15 is 0 Å². The summed E-state index contributed by atoms with van der Waals surface area (Å²) >= 11 is 0. The van der Waals surface area contributed by atoms with Crippen molar-refractivity contribution in [3.05, 3.63) is 29.3 Å². The predicted octanol–water partition coefficient (Wildman–Crippen LogP) is 1.43. The molecule has 0 spiro atoms. The van der Waals surface area contributed by atoms with Crippen molar-refractivity contribution in [3.63, 3.8) is 0 Å². The van der Waals surface area contributed by atoms with Gasteiger partial charge in [0.25, 0.3) is 5.91 Å². The lowest BCUT2D eigenvalue weighted by atomic mass is 10.1. The summed E-state index contributed by atoms with van der Waals surface area (Å²) in [4.78, 5) is 14.2. The van der Waals surface area contributed by atoms with Gasteiger partial charge in [-0.3, -0.25) is 4.79 Å². The quantitative estimate of drug-likeness (QED) is 0.857. The van der Waals surface area contributed by atoms with Gasteiger partial charge in [0.05, 0.1) is 6.61 Å². The fraction of sp³-hybridized carbons (Fsp3) is 0.500. The van der Waals surface area contributed by atoms with Crippen LogP contribution in [-0.4, -0.2) is 37.0 Å². The third-order valence-electron chi connectivity index (χ3n) is 3.24. The molecule has 0 unspecified atom stereocenters. The first-order valence-electron chi connectivity index (χ1n) is 6.51. The maximum Gasteiger partial charge on any atom is 0.253 e. The molecule has 4 nitrogen and oxygen atoms in total. The molecule has 0 saturated heterocycles. The Labute approximate surface area is 108 Å². The lowest BCUT2D eigenvalue weighted by molar-refractivity contribution is 0.0763. The van der Waals surface area contributed by atoms with Gasteiger partial charge in [0.1, 0.15) is 5.75 Å². The molecule has 1 aliphatic heterocycles. The second-order valence-electron chi connectivity index (χ2n) is 4.45. The van der Waals surface area contributed by atoms with Crippen LogP contribution in [0.4, 0.5) is 0 Å². The van der Waals surface area contributed by atoms with Crippen LogP contribution in [0.15, 0.2) is 18.2 Å². The van der Waals surface area contributed by atoms with Crippen molar-refractivity contribution in [1.82, 2.24) is 4.90 Å². The first-order chi connectivity index (χ1) is 8.76. The summed E-state index contributed by atoms with van der Waals surface area (Å²) in [5, 5.41) is 0. The molecule has 1 aliphatic rings. The summed E-state index contributed by atoms with van der Waals surface area (Å²) < 4.78 is 5.44. The van der Waals surface area contributed by atoms with Crippen LogP contribution in [0.3, 0.4) is 0 Å². The number of nitrogens with two attached hydrogens (primary N) is 1. The van der Waals surface area contributed by atoms with Gasteiger partial charge in [-0.05, 0) is 43.7 Å². The molecule has 0 bridgehead atoms. The molecule has 1 heterocycles. The van der Waals surface area contributed by atoms with Gasteiger partial charge in [0, 0.05) is 25.1 Å². The second-order valence-corrected chi connectivity index (χ2v) is 4.45. The summed E-state index contributed by atoms with van der Waals surface area (Å²) in [5.74, 6) is 0.997. The standard InChI is InChI=1S/C14H20N2O2/c1-2-16(8-3-7-15)14(17)12-4-5-13-11(10-12)6-9-18-13/h4-5,10H,2-3,6-9,15H2,1H3. The lowest BCUT2D eigenvalue weighted by Crippen LogP contribution is -2.32. The molecule has 0 radical (unpaired) electrons. The van der Waals surface area contributed by atoms with Crippen molar-refractivity contribution in [1.29, 1.82) is 0 Å². The van der Waals surface area contributed by atoms with Gasteiger partial charge in [-0.15, -0.1) is 0 Å². The Kier molecular flexibility index (Phi) is 4.20. The highest BCUT2D eigenvalue weighted by Crippen LogP contribution is 2.26. The number of hydrogen-bond acceptors (Lipinski definition) is 3. The molecule has 0 aromatic heterocycles. The molecule has 2 N–H and O–H groups in total. The molecule has 0 fully saturated rings. The van der Waals surface area contributed by atoms with Gasteiger partial charge in [-0.2, -0.15) is 0 Å². The summed E-state index contributed by atoms with van der Waals surface area (Å²) in [6, 6.07) is 5.69. The van der Waals surface area contributed by atoms with Crippen LogP contribution in [0, 0.1) is 0 Å². The largest absolute Gasteiger partial charge is 0.493 e. The number of nitrogens with zero attached hydrogens (tertiary/aromatic N) is 1. The molecule has 98 valence electrons. The Morgan fingerprint density at radius 1 is 1.50 bits per heavy atom. The molecule has 1 amide bonds. The normalized spacial score (nSPS) is 13.0. The Morgan fingerprint density at radius 2 is 2.33 bits per heavy atom. The average molecular weight is 248 g/mol. The Bertz CT molecular complexity index is 432. The summed E-state index contributed by atoms with van der Waals surface area (Å²) in [6.45, 7) is 4.76. The van der Waals surface area contributed by atoms with E-state index in [4.69, 9.17) is 10.5 Å². The van der Waals surface area contributed by atoms with E-state index in [1.54, 1.807) is 0 Å². The van der Waals surface area contributed by atoms with Crippen LogP contribution in [-0.2, 0) is 6.42 Å². The van der Waals surface area contributed by atoms with E-state index in [2.05, 4.69) is 0 Å². The van der Waals surface area contributed by atoms with E-state index < -0.39 is 0 Å². The maximum atomic E-state index is 12.3. The Morgan fingerprint density at radius 3 is 3.06 bits per heavy atom. The van der Waals surface area contributed by atoms with E-state index in [1.807, 2.05) is 30.0 Å². The molecule has 0 aliphatic carbocycles. The molecule has 4 heteroatoms. The monoisotopic (exact) mass is 248 g/mol. The lowest BCUT2D eigenvalue weighted by Gasteiger charge is -2.20. The van der Waals surface area contributed by atoms with Crippen molar-refractivity contribution < 1.29 is 9.53 Å². The number of carbonyl (C=O) groups excluding carboxylic acids is 1. The number of fused-ring (bicyclic) bond motifs is 1. The average Bonchev–Trinajstić information content (AvgIpc) is 2.86. The fourth-order valence-electron chi connectivity index (χ4n) is 2.19. The zero-order chi connectivity index (χ0) is 13.0. The van der Waals surface area contributed by atoms with E-state index in [0.29, 0.717) is 13.1 Å². The topological polar surface area (TPSA) is 55.6 Å². The van der Waals surface area contributed by atoms with Crippen molar-refractivity contribution in [2.24, 2.45) is 5.73 Å². The highest BCUT2D eigenvalue weighted by molar-refractivity contribution is 5.94. The minimum Gasteiger partial charge on any atom is -0.493 e. The maximum absolute atomic E-state index is 12.3. The Hall–Kier alpha value is -1.55. The second kappa shape index (κ2) is 5.87. The fourth-order valence-corrected chi connectivity index (χ4v) is 2.19. The number of hydrogen-bond donors (Lipinski definition) is 1. The van der Waals surface area contributed by atoms with Crippen molar-refractivity contribution in [2.45, 2.75) is 19.8 Å². The minimum absolute atomic E-state index is 0.0839. The zero-order valence-corrected chi connectivity index (χ0v) is 10.8. The highest BCUT2D eigenvalue weighted by Gasteiger charge is 2.18. The van der Waals surface area contributed by atoms with Crippen LogP contribution in [0.5, 0.6) is 5.75 Å². The first kappa shape index (κ1) is 12.9. The number of amides is 1. The summed E-state index contributed by atoms with van der Waals surface area (Å²) in [6.07, 6.45) is 1.74. The third-order valence-corrected chi connectivity index (χ3v) is 3.24. The van der Waals surface area contributed by atoms with E-state index in [9.17, 15) is 4.79 Å². The summed E-state index contributed by atoms with van der Waals surface area (Å²) in [7, 11) is 0. The first-order valence-corrected chi connectivity index (χ1v) is 6.51. The minimum atomic E-state index is 0.0839. The molecule has 2 rings (SSSR count). The van der Waals surface area contributed by atoms with Crippen LogP contribution in [0.1, 0.15) is 29.3 Å². The molecule has 0 saturated carbocycles. The number of benzene rings is 1. The molecule has 1 aromatic rings. The van der Waals surface area contributed by atoms with E-state index in [0.717, 1.165) is 42.9 Å². The van der Waals surface area contributed by atoms with Gasteiger partial charge in [-0.1, -0.05) is 0 Å². The summed E-state index contributed by atoms with van der Waals surface area (Å²) in [5.41, 5.74) is 7.37. The molecular formula is C14H20N2O2. The zero-order valence-electron chi connectivity index (χ0n) is 10.8. The molecule has 1 aromatic carbocycles. The van der Waals surface area contributed by atoms with Crippen LogP contribution < -0.4 is 10.5 Å². The van der Waals surface area contributed by atoms with Crippen LogP contribution >= 0.6 is 0 Å². The SMILES string of the molecule is CCN(CCCN)C(=O)c1ccc2c(c1)CCO2. The van der Waals surface area contributed by atoms with Crippen molar-refractivity contribution >= 4 is 5.91 Å². The van der Waals surface area contributed by atoms with Gasteiger partial charge in [0.15, 0.2) is 0 Å². The smallest absolute Gasteiger partial charge is 0.253 e. The molecule has 0 atom stereocenters. The third kappa shape index (κ3) is 2.64. The van der Waals surface area contributed by atoms with E-state index in [1.165, 1.54) is 0 Å². The van der Waals surface area contributed by atoms with E-state index in [-0.39, 0.29) is 5.91 Å². The Balaban J connectivity index is 2.12. The number of rotatable bonds is 5.